The van der Waals surface area contributed by atoms with Gasteiger partial charge in [-0.3, -0.25) is 0 Å². The van der Waals surface area contributed by atoms with Crippen LogP contribution in [0.15, 0.2) is 36.4 Å². The average molecular weight is 339 g/mol. The van der Waals surface area contributed by atoms with Gasteiger partial charge >= 0.3 is 5.97 Å². The van der Waals surface area contributed by atoms with Crippen molar-refractivity contribution < 1.29 is 9.90 Å². The van der Waals surface area contributed by atoms with Crippen molar-refractivity contribution in [2.45, 2.75) is 39.4 Å². The Morgan fingerprint density at radius 3 is 2.68 bits per heavy atom. The molecule has 1 heterocycles. The zero-order chi connectivity index (χ0) is 18.2. The summed E-state index contributed by atoms with van der Waals surface area (Å²) >= 11 is 0. The van der Waals surface area contributed by atoms with E-state index in [1.165, 1.54) is 16.7 Å². The first-order valence-electron chi connectivity index (χ1n) is 8.58. The number of hydrogen-bond donors (Lipinski definition) is 3. The van der Waals surface area contributed by atoms with Crippen molar-refractivity contribution in [2.24, 2.45) is 0 Å². The summed E-state index contributed by atoms with van der Waals surface area (Å²) < 4.78 is 0. The van der Waals surface area contributed by atoms with Gasteiger partial charge in [-0.05, 0) is 49.1 Å². The van der Waals surface area contributed by atoms with Gasteiger partial charge < -0.3 is 20.6 Å². The molecule has 0 aliphatic carbocycles. The summed E-state index contributed by atoms with van der Waals surface area (Å²) in [5.74, 6) is -0.899. The van der Waals surface area contributed by atoms with Crippen molar-refractivity contribution in [3.05, 3.63) is 53.1 Å². The molecule has 0 fully saturated rings. The third-order valence-corrected chi connectivity index (χ3v) is 5.20. The number of nitrogens with zero attached hydrogens (tertiary/aromatic N) is 1. The van der Waals surface area contributed by atoms with Gasteiger partial charge in [0.25, 0.3) is 0 Å². The fraction of sp³-hybridized carbons (Fsp3) is 0.350. The van der Waals surface area contributed by atoms with Gasteiger partial charge in [0.05, 0.1) is 17.1 Å². The number of carboxylic acids is 1. The standard InChI is InChI=1S/C20H25N3O2/c1-5-14-9-6-8-13(2)15(14)12-21-16-10-7-11-17-18(16)22-20(3,19(24)25)23(17)4/h6-11,21-22H,5,12H2,1-4H3,(H,24,25). The Hall–Kier alpha value is -2.69. The van der Waals surface area contributed by atoms with Crippen molar-refractivity contribution in [3.63, 3.8) is 0 Å². The van der Waals surface area contributed by atoms with Crippen LogP contribution in [0.25, 0.3) is 0 Å². The normalized spacial score (nSPS) is 18.6. The third-order valence-electron chi connectivity index (χ3n) is 5.20. The van der Waals surface area contributed by atoms with Crippen LogP contribution in [0.5, 0.6) is 0 Å². The first kappa shape index (κ1) is 17.1. The highest BCUT2D eigenvalue weighted by atomic mass is 16.4. The minimum Gasteiger partial charge on any atom is -0.478 e. The second-order valence-corrected chi connectivity index (χ2v) is 6.68. The van der Waals surface area contributed by atoms with E-state index in [1.54, 1.807) is 18.9 Å². The van der Waals surface area contributed by atoms with Crippen LogP contribution in [0.4, 0.5) is 17.1 Å². The first-order valence-corrected chi connectivity index (χ1v) is 8.58. The summed E-state index contributed by atoms with van der Waals surface area (Å²) in [5, 5.41) is 16.3. The SMILES string of the molecule is CCc1cccc(C)c1CNc1cccc2c1NC(C)(C(=O)O)N2C. The lowest BCUT2D eigenvalue weighted by molar-refractivity contribution is -0.141. The number of aliphatic carboxylic acids is 1. The van der Waals surface area contributed by atoms with E-state index in [9.17, 15) is 9.90 Å². The molecule has 132 valence electrons. The number of fused-ring (bicyclic) bond motifs is 1. The highest BCUT2D eigenvalue weighted by molar-refractivity contribution is 5.98. The molecule has 1 atom stereocenters. The van der Waals surface area contributed by atoms with Gasteiger partial charge in [0, 0.05) is 13.6 Å². The van der Waals surface area contributed by atoms with E-state index in [0.717, 1.165) is 23.5 Å². The molecule has 2 aromatic rings. The van der Waals surface area contributed by atoms with Crippen LogP contribution in [-0.2, 0) is 17.8 Å². The first-order chi connectivity index (χ1) is 11.9. The molecule has 0 saturated carbocycles. The number of carboxylic acid groups (broad SMARTS) is 1. The molecular formula is C20H25N3O2. The number of rotatable bonds is 5. The molecule has 1 aliphatic rings. The van der Waals surface area contributed by atoms with Crippen molar-refractivity contribution in [1.29, 1.82) is 0 Å². The molecule has 3 rings (SSSR count). The number of hydrogen-bond acceptors (Lipinski definition) is 4. The van der Waals surface area contributed by atoms with Gasteiger partial charge in [0.2, 0.25) is 5.66 Å². The van der Waals surface area contributed by atoms with Gasteiger partial charge in [-0.1, -0.05) is 31.2 Å². The fourth-order valence-electron chi connectivity index (χ4n) is 3.39. The average Bonchev–Trinajstić information content (AvgIpc) is 2.87. The molecule has 1 unspecified atom stereocenters. The topological polar surface area (TPSA) is 64.6 Å². The highest BCUT2D eigenvalue weighted by Crippen LogP contribution is 2.43. The van der Waals surface area contributed by atoms with Crippen LogP contribution in [0.2, 0.25) is 0 Å². The van der Waals surface area contributed by atoms with E-state index >= 15 is 0 Å². The lowest BCUT2D eigenvalue weighted by atomic mass is 10.00. The Balaban J connectivity index is 1.90. The zero-order valence-corrected chi connectivity index (χ0v) is 15.2. The molecule has 0 radical (unpaired) electrons. The summed E-state index contributed by atoms with van der Waals surface area (Å²) in [7, 11) is 1.80. The second kappa shape index (κ2) is 6.31. The monoisotopic (exact) mass is 339 g/mol. The minimum atomic E-state index is -1.14. The van der Waals surface area contributed by atoms with Crippen molar-refractivity contribution in [1.82, 2.24) is 0 Å². The quantitative estimate of drug-likeness (QED) is 0.773. The fourth-order valence-corrected chi connectivity index (χ4v) is 3.39. The predicted molar refractivity (Wildman–Crippen MR) is 102 cm³/mol. The molecule has 5 heteroatoms. The number of likely N-dealkylation sites (N-methyl/N-ethyl adjacent to an activating group) is 1. The molecule has 0 bridgehead atoms. The summed E-state index contributed by atoms with van der Waals surface area (Å²) in [6, 6.07) is 12.2. The van der Waals surface area contributed by atoms with Gasteiger partial charge in [-0.15, -0.1) is 0 Å². The van der Waals surface area contributed by atoms with Crippen LogP contribution in [-0.4, -0.2) is 23.8 Å². The predicted octanol–water partition coefficient (Wildman–Crippen LogP) is 3.83. The number of anilines is 3. The zero-order valence-electron chi connectivity index (χ0n) is 15.2. The summed E-state index contributed by atoms with van der Waals surface area (Å²) in [6.07, 6.45) is 0.990. The Bertz CT molecular complexity index is 819. The van der Waals surface area contributed by atoms with Gasteiger partial charge in [-0.25, -0.2) is 4.79 Å². The van der Waals surface area contributed by atoms with E-state index in [-0.39, 0.29) is 0 Å². The molecule has 0 aromatic heterocycles. The third kappa shape index (κ3) is 2.80. The highest BCUT2D eigenvalue weighted by Gasteiger charge is 2.44. The molecule has 0 saturated heterocycles. The van der Waals surface area contributed by atoms with Gasteiger partial charge in [0.15, 0.2) is 0 Å². The van der Waals surface area contributed by atoms with Crippen molar-refractivity contribution in [2.75, 3.05) is 22.6 Å². The number of carbonyl (C=O) groups is 1. The smallest absolute Gasteiger partial charge is 0.350 e. The van der Waals surface area contributed by atoms with E-state index in [0.29, 0.717) is 6.54 Å². The van der Waals surface area contributed by atoms with E-state index in [1.807, 2.05) is 18.2 Å². The maximum atomic E-state index is 11.7. The maximum absolute atomic E-state index is 11.7. The molecule has 25 heavy (non-hydrogen) atoms. The molecular weight excluding hydrogens is 314 g/mol. The Morgan fingerprint density at radius 2 is 2.00 bits per heavy atom. The van der Waals surface area contributed by atoms with Crippen LogP contribution < -0.4 is 15.5 Å². The van der Waals surface area contributed by atoms with Crippen LogP contribution in [0.1, 0.15) is 30.5 Å². The largest absolute Gasteiger partial charge is 0.478 e. The molecule has 0 spiro atoms. The number of benzene rings is 2. The minimum absolute atomic E-state index is 0.710. The van der Waals surface area contributed by atoms with Crippen molar-refractivity contribution in [3.8, 4) is 0 Å². The summed E-state index contributed by atoms with van der Waals surface area (Å²) in [4.78, 5) is 13.5. The molecule has 2 aromatic carbocycles. The van der Waals surface area contributed by atoms with E-state index < -0.39 is 11.6 Å². The summed E-state index contributed by atoms with van der Waals surface area (Å²) in [6.45, 7) is 6.67. The second-order valence-electron chi connectivity index (χ2n) is 6.68. The number of aryl methyl sites for hydroxylation is 2. The van der Waals surface area contributed by atoms with Crippen LogP contribution in [0, 0.1) is 6.92 Å². The van der Waals surface area contributed by atoms with E-state index in [4.69, 9.17) is 0 Å². The van der Waals surface area contributed by atoms with E-state index in [2.05, 4.69) is 42.7 Å². The van der Waals surface area contributed by atoms with Gasteiger partial charge in [0.1, 0.15) is 0 Å². The maximum Gasteiger partial charge on any atom is 0.350 e. The van der Waals surface area contributed by atoms with Crippen molar-refractivity contribution >= 4 is 23.0 Å². The van der Waals surface area contributed by atoms with Crippen LogP contribution in [0.3, 0.4) is 0 Å². The number of nitrogens with one attached hydrogen (secondary N) is 2. The molecule has 1 aliphatic heterocycles. The molecule has 5 nitrogen and oxygen atoms in total. The van der Waals surface area contributed by atoms with Crippen LogP contribution >= 0.6 is 0 Å². The Labute approximate surface area is 148 Å². The lowest BCUT2D eigenvalue weighted by Gasteiger charge is -2.29. The Kier molecular flexibility index (Phi) is 4.33. The van der Waals surface area contributed by atoms with Gasteiger partial charge in [-0.2, -0.15) is 0 Å². The lowest BCUT2D eigenvalue weighted by Crippen LogP contribution is -2.52. The molecule has 3 N–H and O–H groups in total. The summed E-state index contributed by atoms with van der Waals surface area (Å²) in [5.41, 5.74) is 5.39. The Morgan fingerprint density at radius 1 is 1.28 bits per heavy atom. The number of para-hydroxylation sites is 1. The molecule has 0 amide bonds.